The van der Waals surface area contributed by atoms with Crippen molar-refractivity contribution in [1.82, 2.24) is 21.1 Å². The molecule has 4 N–H and O–H groups in total. The van der Waals surface area contributed by atoms with Gasteiger partial charge in [-0.25, -0.2) is 9.02 Å². The molecule has 27 heavy (non-hydrogen) atoms. The minimum Gasteiger partial charge on any atom is -0.464 e. The van der Waals surface area contributed by atoms with Gasteiger partial charge in [0.1, 0.15) is 5.82 Å². The molecular weight excluding hydrogens is 361 g/mol. The van der Waals surface area contributed by atoms with E-state index < -0.39 is 18.6 Å². The fourth-order valence-electron chi connectivity index (χ4n) is 2.58. The molecule has 0 fully saturated rings. The number of halogens is 1. The highest BCUT2D eigenvalue weighted by atomic mass is 19.1. The van der Waals surface area contributed by atoms with Crippen molar-refractivity contribution in [3.63, 3.8) is 0 Å². The molecule has 3 rings (SSSR count). The molecule has 1 aromatic carbocycles. The third kappa shape index (κ3) is 4.20. The summed E-state index contributed by atoms with van der Waals surface area (Å²) in [5, 5.41) is 28.0. The van der Waals surface area contributed by atoms with Gasteiger partial charge >= 0.3 is 0 Å². The Balaban J connectivity index is 1.70. The van der Waals surface area contributed by atoms with Crippen LogP contribution in [-0.2, 0) is 11.2 Å². The van der Waals surface area contributed by atoms with E-state index in [0.717, 1.165) is 5.56 Å². The lowest BCUT2D eigenvalue weighted by Crippen LogP contribution is -2.38. The molecule has 1 aliphatic carbocycles. The smallest absolute Gasteiger partial charge is 0.287 e. The number of carbonyl (C=O) groups excluding carboxylic acids is 1. The van der Waals surface area contributed by atoms with Crippen molar-refractivity contribution in [2.24, 2.45) is 4.99 Å². The Bertz CT molecular complexity index is 855. The Morgan fingerprint density at radius 3 is 3.07 bits per heavy atom. The maximum atomic E-state index is 13.4. The normalized spacial score (nSPS) is 16.9. The molecule has 11 heteroatoms. The molecular formula is C16H18FN5O5. The third-order valence-corrected chi connectivity index (χ3v) is 3.97. The number of rotatable bonds is 7. The summed E-state index contributed by atoms with van der Waals surface area (Å²) in [6.45, 7) is 1.01. The highest BCUT2D eigenvalue weighted by molar-refractivity contribution is 5.98. The SMILES string of the molecule is C[C@@H](CO)NC(=O)COc1nonc1C(=N[C@H]1Cc2ccc(F)cc21)NO. The first kappa shape index (κ1) is 18.7. The number of amidine groups is 1. The van der Waals surface area contributed by atoms with Crippen molar-refractivity contribution >= 4 is 11.7 Å². The fraction of sp³-hybridized carbons (Fsp3) is 0.375. The second-order valence-corrected chi connectivity index (χ2v) is 6.01. The van der Waals surface area contributed by atoms with Crippen LogP contribution in [0.2, 0.25) is 0 Å². The highest BCUT2D eigenvalue weighted by Crippen LogP contribution is 2.37. The van der Waals surface area contributed by atoms with Gasteiger partial charge in [0.2, 0.25) is 5.69 Å². The molecule has 0 bridgehead atoms. The van der Waals surface area contributed by atoms with Gasteiger partial charge in [-0.05, 0) is 46.9 Å². The van der Waals surface area contributed by atoms with E-state index >= 15 is 0 Å². The molecule has 0 saturated heterocycles. The van der Waals surface area contributed by atoms with Gasteiger partial charge in [0.25, 0.3) is 11.8 Å². The van der Waals surface area contributed by atoms with E-state index in [1.165, 1.54) is 12.1 Å². The number of hydrogen-bond acceptors (Lipinski definition) is 8. The van der Waals surface area contributed by atoms with Crippen molar-refractivity contribution in [2.45, 2.75) is 25.4 Å². The number of hydrogen-bond donors (Lipinski definition) is 4. The van der Waals surface area contributed by atoms with Crippen molar-refractivity contribution in [2.75, 3.05) is 13.2 Å². The van der Waals surface area contributed by atoms with Crippen LogP contribution < -0.4 is 15.5 Å². The van der Waals surface area contributed by atoms with E-state index in [0.29, 0.717) is 12.0 Å². The molecule has 1 aromatic heterocycles. The first-order valence-electron chi connectivity index (χ1n) is 8.14. The molecule has 0 aliphatic heterocycles. The number of amides is 1. The summed E-state index contributed by atoms with van der Waals surface area (Å²) >= 11 is 0. The topological polar surface area (TPSA) is 142 Å². The predicted octanol–water partition coefficient (Wildman–Crippen LogP) is 0.107. The van der Waals surface area contributed by atoms with Crippen LogP contribution in [0.15, 0.2) is 27.8 Å². The summed E-state index contributed by atoms with van der Waals surface area (Å²) in [4.78, 5) is 16.0. The monoisotopic (exact) mass is 379 g/mol. The Hall–Kier alpha value is -3.05. The molecule has 1 amide bonds. The summed E-state index contributed by atoms with van der Waals surface area (Å²) in [7, 11) is 0. The number of benzene rings is 1. The predicted molar refractivity (Wildman–Crippen MR) is 88.8 cm³/mol. The van der Waals surface area contributed by atoms with Crippen molar-refractivity contribution < 1.29 is 28.9 Å². The molecule has 10 nitrogen and oxygen atoms in total. The van der Waals surface area contributed by atoms with Gasteiger partial charge in [0.15, 0.2) is 12.4 Å². The van der Waals surface area contributed by atoms with E-state index in [4.69, 9.17) is 9.84 Å². The molecule has 0 radical (unpaired) electrons. The van der Waals surface area contributed by atoms with E-state index in [1.807, 2.05) is 5.48 Å². The van der Waals surface area contributed by atoms with Gasteiger partial charge in [-0.15, -0.1) is 0 Å². The molecule has 2 aromatic rings. The number of aromatic nitrogens is 2. The van der Waals surface area contributed by atoms with Crippen LogP contribution in [0, 0.1) is 5.82 Å². The van der Waals surface area contributed by atoms with Crippen LogP contribution in [0.5, 0.6) is 5.88 Å². The minimum absolute atomic E-state index is 0.0367. The zero-order valence-electron chi connectivity index (χ0n) is 14.3. The van der Waals surface area contributed by atoms with E-state index in [9.17, 15) is 14.4 Å². The number of fused-ring (bicyclic) bond motifs is 1. The number of hydroxylamine groups is 1. The van der Waals surface area contributed by atoms with Gasteiger partial charge in [-0.1, -0.05) is 6.07 Å². The number of carbonyl (C=O) groups is 1. The standard InChI is InChI=1S/C16H18FN5O5/c1-8(6-23)18-13(24)7-26-16-14(21-27-22-16)15(20-25)19-12-4-9-2-3-10(17)5-11(9)12/h2-3,5,8,12,23,25H,4,6-7H2,1H3,(H,18,24)(H,19,20)/t8-,12-/m0/s1. The number of aliphatic imine (C=N–C) groups is 1. The zero-order valence-corrected chi connectivity index (χ0v) is 14.3. The van der Waals surface area contributed by atoms with Gasteiger partial charge < -0.3 is 15.2 Å². The molecule has 1 heterocycles. The van der Waals surface area contributed by atoms with E-state index in [-0.39, 0.29) is 35.9 Å². The second-order valence-electron chi connectivity index (χ2n) is 6.01. The lowest BCUT2D eigenvalue weighted by atomic mass is 9.83. The summed E-state index contributed by atoms with van der Waals surface area (Å²) in [6.07, 6.45) is 0.573. The fourth-order valence-corrected chi connectivity index (χ4v) is 2.58. The van der Waals surface area contributed by atoms with Crippen LogP contribution in [0.4, 0.5) is 4.39 Å². The summed E-state index contributed by atoms with van der Waals surface area (Å²) in [6, 6.07) is 3.64. The van der Waals surface area contributed by atoms with Crippen molar-refractivity contribution in [3.8, 4) is 5.88 Å². The minimum atomic E-state index is -0.482. The Morgan fingerprint density at radius 1 is 1.52 bits per heavy atom. The first-order valence-corrected chi connectivity index (χ1v) is 8.14. The average molecular weight is 379 g/mol. The number of nitrogens with zero attached hydrogens (tertiary/aromatic N) is 3. The van der Waals surface area contributed by atoms with Gasteiger partial charge in [-0.2, -0.15) is 0 Å². The Morgan fingerprint density at radius 2 is 2.33 bits per heavy atom. The van der Waals surface area contributed by atoms with Crippen molar-refractivity contribution in [1.29, 1.82) is 0 Å². The number of ether oxygens (including phenoxy) is 1. The molecule has 0 saturated carbocycles. The van der Waals surface area contributed by atoms with Crippen LogP contribution in [0.3, 0.4) is 0 Å². The van der Waals surface area contributed by atoms with Gasteiger partial charge in [0, 0.05) is 6.04 Å². The average Bonchev–Trinajstić information content (AvgIpc) is 3.11. The zero-order chi connectivity index (χ0) is 19.4. The van der Waals surface area contributed by atoms with E-state index in [2.05, 4.69) is 25.3 Å². The summed E-state index contributed by atoms with van der Waals surface area (Å²) < 4.78 is 23.2. The van der Waals surface area contributed by atoms with Gasteiger partial charge in [0.05, 0.1) is 12.6 Å². The lowest BCUT2D eigenvalue weighted by Gasteiger charge is -2.27. The Labute approximate surface area is 153 Å². The van der Waals surface area contributed by atoms with Crippen LogP contribution in [0.1, 0.15) is 29.8 Å². The van der Waals surface area contributed by atoms with Crippen LogP contribution >= 0.6 is 0 Å². The van der Waals surface area contributed by atoms with Crippen molar-refractivity contribution in [3.05, 3.63) is 40.8 Å². The Kier molecular flexibility index (Phi) is 5.62. The van der Waals surface area contributed by atoms with Gasteiger partial charge in [-0.3, -0.25) is 20.5 Å². The summed E-state index contributed by atoms with van der Waals surface area (Å²) in [5.74, 6) is -1.09. The lowest BCUT2D eigenvalue weighted by molar-refractivity contribution is -0.124. The number of aliphatic hydroxyl groups is 1. The molecule has 1 aliphatic rings. The molecule has 144 valence electrons. The number of nitrogens with one attached hydrogen (secondary N) is 2. The molecule has 0 spiro atoms. The highest BCUT2D eigenvalue weighted by Gasteiger charge is 2.28. The van der Waals surface area contributed by atoms with Crippen LogP contribution in [-0.4, -0.2) is 51.6 Å². The first-order chi connectivity index (χ1) is 13.0. The third-order valence-electron chi connectivity index (χ3n) is 3.97. The largest absolute Gasteiger partial charge is 0.464 e. The summed E-state index contributed by atoms with van der Waals surface area (Å²) in [5.41, 5.74) is 3.53. The van der Waals surface area contributed by atoms with E-state index in [1.54, 1.807) is 13.0 Å². The maximum absolute atomic E-state index is 13.4. The molecule has 0 unspecified atom stereocenters. The number of aliphatic hydroxyl groups excluding tert-OH is 1. The maximum Gasteiger partial charge on any atom is 0.287 e. The molecule has 2 atom stereocenters. The van der Waals surface area contributed by atoms with Crippen LogP contribution in [0.25, 0.3) is 0 Å². The quantitative estimate of drug-likeness (QED) is 0.302. The second kappa shape index (κ2) is 8.10.